The lowest BCUT2D eigenvalue weighted by Gasteiger charge is -2.33. The fourth-order valence-corrected chi connectivity index (χ4v) is 3.15. The van der Waals surface area contributed by atoms with Gasteiger partial charge in [-0.1, -0.05) is 57.6 Å². The standard InChI is InChI=1S/C21H33F3O/c1-5-6-7-8-9-10-11-19(20(2,3)25-4)16-17-12-14-18(15-13-17)21(22,23)24/h12-15,19H,5-11,16H2,1-4H3. The third-order valence-electron chi connectivity index (χ3n) is 5.18. The van der Waals surface area contributed by atoms with Crippen molar-refractivity contribution in [2.45, 2.75) is 83.9 Å². The van der Waals surface area contributed by atoms with Crippen molar-refractivity contribution in [3.05, 3.63) is 35.4 Å². The molecule has 1 aromatic carbocycles. The van der Waals surface area contributed by atoms with Crippen molar-refractivity contribution in [1.82, 2.24) is 0 Å². The van der Waals surface area contributed by atoms with Crippen LogP contribution in [0.5, 0.6) is 0 Å². The Kier molecular flexibility index (Phi) is 8.98. The molecule has 0 saturated heterocycles. The molecule has 0 aliphatic heterocycles. The Morgan fingerprint density at radius 3 is 2.00 bits per heavy atom. The van der Waals surface area contributed by atoms with Gasteiger partial charge in [0.25, 0.3) is 0 Å². The van der Waals surface area contributed by atoms with Gasteiger partial charge in [-0.2, -0.15) is 13.2 Å². The number of alkyl halides is 3. The highest BCUT2D eigenvalue weighted by molar-refractivity contribution is 5.25. The maximum absolute atomic E-state index is 12.7. The molecule has 0 amide bonds. The zero-order chi connectivity index (χ0) is 18.9. The highest BCUT2D eigenvalue weighted by atomic mass is 19.4. The van der Waals surface area contributed by atoms with Crippen LogP contribution in [0.25, 0.3) is 0 Å². The molecule has 0 radical (unpaired) electrons. The first kappa shape index (κ1) is 22.0. The summed E-state index contributed by atoms with van der Waals surface area (Å²) >= 11 is 0. The van der Waals surface area contributed by atoms with Crippen molar-refractivity contribution in [3.63, 3.8) is 0 Å². The second kappa shape index (κ2) is 10.2. The summed E-state index contributed by atoms with van der Waals surface area (Å²) in [6, 6.07) is 5.56. The summed E-state index contributed by atoms with van der Waals surface area (Å²) in [7, 11) is 1.71. The molecule has 0 fully saturated rings. The topological polar surface area (TPSA) is 9.23 Å². The van der Waals surface area contributed by atoms with Crippen LogP contribution in [-0.2, 0) is 17.3 Å². The number of methoxy groups -OCH3 is 1. The third kappa shape index (κ3) is 7.81. The second-order valence-corrected chi connectivity index (χ2v) is 7.46. The van der Waals surface area contributed by atoms with Crippen molar-refractivity contribution in [2.75, 3.05) is 7.11 Å². The van der Waals surface area contributed by atoms with Gasteiger partial charge < -0.3 is 4.74 Å². The first-order valence-corrected chi connectivity index (χ1v) is 9.42. The number of hydrogen-bond donors (Lipinski definition) is 0. The SMILES string of the molecule is CCCCCCCCC(Cc1ccc(C(F)(F)F)cc1)C(C)(C)OC. The van der Waals surface area contributed by atoms with E-state index in [1.807, 2.05) is 0 Å². The Labute approximate surface area is 151 Å². The van der Waals surface area contributed by atoms with Gasteiger partial charge in [0.2, 0.25) is 0 Å². The molecule has 0 aliphatic rings. The fraction of sp³-hybridized carbons (Fsp3) is 0.714. The van der Waals surface area contributed by atoms with Gasteiger partial charge in [-0.3, -0.25) is 0 Å². The molecule has 1 nitrogen and oxygen atoms in total. The molecule has 1 atom stereocenters. The Balaban J connectivity index is 2.64. The molecule has 0 aromatic heterocycles. The lowest BCUT2D eigenvalue weighted by atomic mass is 9.81. The van der Waals surface area contributed by atoms with E-state index in [1.54, 1.807) is 19.2 Å². The number of benzene rings is 1. The van der Waals surface area contributed by atoms with Gasteiger partial charge in [-0.25, -0.2) is 0 Å². The zero-order valence-corrected chi connectivity index (χ0v) is 16.1. The summed E-state index contributed by atoms with van der Waals surface area (Å²) in [5, 5.41) is 0. The summed E-state index contributed by atoms with van der Waals surface area (Å²) in [6.45, 7) is 6.35. The maximum Gasteiger partial charge on any atom is 0.416 e. The minimum atomic E-state index is -4.28. The van der Waals surface area contributed by atoms with E-state index in [0.29, 0.717) is 5.92 Å². The lowest BCUT2D eigenvalue weighted by Crippen LogP contribution is -2.34. The molecular formula is C21H33F3O. The predicted molar refractivity (Wildman–Crippen MR) is 97.7 cm³/mol. The lowest BCUT2D eigenvalue weighted by molar-refractivity contribution is -0.137. The van der Waals surface area contributed by atoms with Gasteiger partial charge in [0.1, 0.15) is 0 Å². The molecule has 1 rings (SSSR count). The summed E-state index contributed by atoms with van der Waals surface area (Å²) in [6.07, 6.45) is 4.93. The first-order valence-electron chi connectivity index (χ1n) is 9.42. The van der Waals surface area contributed by atoms with Gasteiger partial charge in [0, 0.05) is 7.11 Å². The Morgan fingerprint density at radius 2 is 1.48 bits per heavy atom. The maximum atomic E-state index is 12.7. The largest absolute Gasteiger partial charge is 0.416 e. The van der Waals surface area contributed by atoms with Crippen LogP contribution >= 0.6 is 0 Å². The number of rotatable bonds is 11. The zero-order valence-electron chi connectivity index (χ0n) is 16.1. The Hall–Kier alpha value is -1.03. The number of hydrogen-bond acceptors (Lipinski definition) is 1. The molecule has 0 spiro atoms. The summed E-state index contributed by atoms with van der Waals surface area (Å²) in [4.78, 5) is 0. The van der Waals surface area contributed by atoms with Gasteiger partial charge in [-0.15, -0.1) is 0 Å². The first-order chi connectivity index (χ1) is 11.7. The van der Waals surface area contributed by atoms with Crippen molar-refractivity contribution in [1.29, 1.82) is 0 Å². The van der Waals surface area contributed by atoms with Crippen molar-refractivity contribution in [2.24, 2.45) is 5.92 Å². The minimum absolute atomic E-state index is 0.286. The number of halogens is 3. The van der Waals surface area contributed by atoms with Crippen LogP contribution in [0, 0.1) is 5.92 Å². The molecule has 0 heterocycles. The predicted octanol–water partition coefficient (Wildman–Crippen LogP) is 7.04. The average Bonchev–Trinajstić information content (AvgIpc) is 2.56. The highest BCUT2D eigenvalue weighted by Gasteiger charge is 2.31. The summed E-state index contributed by atoms with van der Waals surface area (Å²) < 4.78 is 43.8. The molecule has 0 aliphatic carbocycles. The summed E-state index contributed by atoms with van der Waals surface area (Å²) in [5.74, 6) is 0.292. The Morgan fingerprint density at radius 1 is 0.920 bits per heavy atom. The molecule has 0 N–H and O–H groups in total. The van der Waals surface area contributed by atoms with Gasteiger partial charge >= 0.3 is 6.18 Å². The normalized spacial score (nSPS) is 13.9. The third-order valence-corrected chi connectivity index (χ3v) is 5.18. The van der Waals surface area contributed by atoms with E-state index >= 15 is 0 Å². The average molecular weight is 358 g/mol. The minimum Gasteiger partial charge on any atom is -0.379 e. The highest BCUT2D eigenvalue weighted by Crippen LogP contribution is 2.32. The van der Waals surface area contributed by atoms with Crippen LogP contribution in [0.15, 0.2) is 24.3 Å². The van der Waals surface area contributed by atoms with Crippen LogP contribution in [0.1, 0.15) is 76.8 Å². The van der Waals surface area contributed by atoms with Crippen LogP contribution in [-0.4, -0.2) is 12.7 Å². The van der Waals surface area contributed by atoms with E-state index in [0.717, 1.165) is 24.8 Å². The van der Waals surface area contributed by atoms with E-state index < -0.39 is 11.7 Å². The van der Waals surface area contributed by atoms with E-state index in [-0.39, 0.29) is 5.60 Å². The van der Waals surface area contributed by atoms with E-state index in [9.17, 15) is 13.2 Å². The van der Waals surface area contributed by atoms with E-state index in [2.05, 4.69) is 20.8 Å². The molecular weight excluding hydrogens is 325 g/mol. The van der Waals surface area contributed by atoms with Gasteiger partial charge in [-0.05, 0) is 50.3 Å². The van der Waals surface area contributed by atoms with Crippen molar-refractivity contribution < 1.29 is 17.9 Å². The molecule has 25 heavy (non-hydrogen) atoms. The molecule has 144 valence electrons. The quantitative estimate of drug-likeness (QED) is 0.385. The second-order valence-electron chi connectivity index (χ2n) is 7.46. The Bertz CT molecular complexity index is 477. The summed E-state index contributed by atoms with van der Waals surface area (Å²) in [5.41, 5.74) is 0.0652. The van der Waals surface area contributed by atoms with E-state index in [4.69, 9.17) is 4.74 Å². The monoisotopic (exact) mass is 358 g/mol. The molecule has 0 bridgehead atoms. The molecule has 0 saturated carbocycles. The molecule has 1 unspecified atom stereocenters. The smallest absolute Gasteiger partial charge is 0.379 e. The van der Waals surface area contributed by atoms with Crippen LogP contribution < -0.4 is 0 Å². The van der Waals surface area contributed by atoms with Crippen LogP contribution in [0.3, 0.4) is 0 Å². The number of ether oxygens (including phenoxy) is 1. The molecule has 4 heteroatoms. The number of unbranched alkanes of at least 4 members (excludes halogenated alkanes) is 5. The van der Waals surface area contributed by atoms with Crippen molar-refractivity contribution >= 4 is 0 Å². The molecule has 1 aromatic rings. The van der Waals surface area contributed by atoms with Crippen LogP contribution in [0.4, 0.5) is 13.2 Å². The van der Waals surface area contributed by atoms with Crippen LogP contribution in [0.2, 0.25) is 0 Å². The fourth-order valence-electron chi connectivity index (χ4n) is 3.15. The van der Waals surface area contributed by atoms with Gasteiger partial charge in [0.15, 0.2) is 0 Å². The van der Waals surface area contributed by atoms with E-state index in [1.165, 1.54) is 44.2 Å². The van der Waals surface area contributed by atoms with Gasteiger partial charge in [0.05, 0.1) is 11.2 Å². The van der Waals surface area contributed by atoms with Crippen molar-refractivity contribution in [3.8, 4) is 0 Å².